The molecule has 1 saturated heterocycles. The predicted molar refractivity (Wildman–Crippen MR) is 115 cm³/mol. The van der Waals surface area contributed by atoms with E-state index >= 15 is 0 Å². The van der Waals surface area contributed by atoms with Crippen molar-refractivity contribution in [3.63, 3.8) is 0 Å². The summed E-state index contributed by atoms with van der Waals surface area (Å²) >= 11 is 5.13. The van der Waals surface area contributed by atoms with E-state index in [9.17, 15) is 9.59 Å². The lowest BCUT2D eigenvalue weighted by atomic mass is 10.1. The smallest absolute Gasteiger partial charge is 0.337 e. The van der Waals surface area contributed by atoms with Crippen LogP contribution in [0.1, 0.15) is 33.2 Å². The summed E-state index contributed by atoms with van der Waals surface area (Å²) in [6.07, 6.45) is 0.928. The highest BCUT2D eigenvalue weighted by molar-refractivity contribution is 9.10. The third-order valence-corrected chi connectivity index (χ3v) is 6.42. The van der Waals surface area contributed by atoms with Gasteiger partial charge in [0, 0.05) is 23.6 Å². The van der Waals surface area contributed by atoms with Crippen LogP contribution in [0.15, 0.2) is 53.0 Å². The molecule has 2 aromatic rings. The molecule has 1 heterocycles. The summed E-state index contributed by atoms with van der Waals surface area (Å²) in [4.78, 5) is 24.1. The third kappa shape index (κ3) is 5.59. The van der Waals surface area contributed by atoms with E-state index in [0.717, 1.165) is 27.8 Å². The first kappa shape index (κ1) is 20.9. The number of hydrogen-bond acceptors (Lipinski definition) is 5. The van der Waals surface area contributed by atoms with E-state index in [2.05, 4.69) is 26.6 Å². The Labute approximate surface area is 177 Å². The summed E-state index contributed by atoms with van der Waals surface area (Å²) in [5.74, 6) is 0.664. The molecule has 0 aromatic heterocycles. The maximum absolute atomic E-state index is 12.7. The van der Waals surface area contributed by atoms with Gasteiger partial charge in [-0.2, -0.15) is 0 Å². The van der Waals surface area contributed by atoms with Gasteiger partial charge in [-0.05, 0) is 47.6 Å². The average molecular weight is 463 g/mol. The summed E-state index contributed by atoms with van der Waals surface area (Å²) in [6, 6.07) is 15.4. The van der Waals surface area contributed by atoms with Crippen molar-refractivity contribution >= 4 is 39.6 Å². The molecule has 0 bridgehead atoms. The predicted octanol–water partition coefficient (Wildman–Crippen LogP) is 3.69. The van der Waals surface area contributed by atoms with Gasteiger partial charge in [-0.15, -0.1) is 11.8 Å². The van der Waals surface area contributed by atoms with Crippen LogP contribution in [0.2, 0.25) is 0 Å². The fourth-order valence-corrected chi connectivity index (χ4v) is 4.55. The van der Waals surface area contributed by atoms with Gasteiger partial charge in [-0.25, -0.2) is 4.79 Å². The molecule has 28 heavy (non-hydrogen) atoms. The highest BCUT2D eigenvalue weighted by Gasteiger charge is 2.27. The van der Waals surface area contributed by atoms with Crippen molar-refractivity contribution in [3.8, 4) is 0 Å². The molecule has 0 unspecified atom stereocenters. The summed E-state index contributed by atoms with van der Waals surface area (Å²) in [5, 5.41) is 6.40. The van der Waals surface area contributed by atoms with Crippen LogP contribution in [0.3, 0.4) is 0 Å². The molecule has 0 radical (unpaired) electrons. The Morgan fingerprint density at radius 2 is 1.93 bits per heavy atom. The highest BCUT2D eigenvalue weighted by atomic mass is 79.9. The lowest BCUT2D eigenvalue weighted by Crippen LogP contribution is -2.42. The number of thioether (sulfide) groups is 1. The number of halogens is 1. The molecule has 148 valence electrons. The van der Waals surface area contributed by atoms with Crippen LogP contribution in [0, 0.1) is 0 Å². The first-order valence-electron chi connectivity index (χ1n) is 9.12. The van der Waals surface area contributed by atoms with E-state index < -0.39 is 0 Å². The zero-order valence-corrected chi connectivity index (χ0v) is 18.0. The molecular formula is C21H23BrN2O3S. The van der Waals surface area contributed by atoms with Crippen LogP contribution in [-0.4, -0.2) is 37.3 Å². The van der Waals surface area contributed by atoms with E-state index in [1.807, 2.05) is 36.4 Å². The molecule has 1 aliphatic heterocycles. The van der Waals surface area contributed by atoms with Gasteiger partial charge >= 0.3 is 5.97 Å². The number of methoxy groups -OCH3 is 1. The molecule has 3 rings (SSSR count). The number of rotatable bonds is 6. The molecular weight excluding hydrogens is 440 g/mol. The second kappa shape index (κ2) is 10.1. The summed E-state index contributed by atoms with van der Waals surface area (Å²) in [7, 11) is 1.37. The number of esters is 1. The van der Waals surface area contributed by atoms with Crippen molar-refractivity contribution < 1.29 is 14.3 Å². The van der Waals surface area contributed by atoms with Crippen molar-refractivity contribution in [1.29, 1.82) is 0 Å². The second-order valence-corrected chi connectivity index (χ2v) is 8.74. The van der Waals surface area contributed by atoms with Crippen LogP contribution < -0.4 is 10.6 Å². The molecule has 0 spiro atoms. The Balaban J connectivity index is 1.50. The number of amides is 1. The summed E-state index contributed by atoms with van der Waals surface area (Å²) < 4.78 is 5.72. The van der Waals surface area contributed by atoms with E-state index in [-0.39, 0.29) is 23.2 Å². The molecule has 0 aliphatic carbocycles. The molecule has 1 aliphatic rings. The molecule has 2 N–H and O–H groups in total. The standard InChI is InChI=1S/C21H23BrN2O3S/c1-27-21(26)16-4-2-14(3-5-16)12-23-13-18-10-11-28-19(20(25)24-18)15-6-8-17(22)9-7-15/h2-9,18-19,23H,10-13H2,1H3,(H,24,25)/t18-,19+/m0/s1. The second-order valence-electron chi connectivity index (χ2n) is 6.62. The quantitative estimate of drug-likeness (QED) is 0.640. The maximum Gasteiger partial charge on any atom is 0.337 e. The molecule has 5 nitrogen and oxygen atoms in total. The molecule has 7 heteroatoms. The number of carbonyl (C=O) groups is 2. The SMILES string of the molecule is COC(=O)c1ccc(CNC[C@@H]2CCS[C@H](c3ccc(Br)cc3)C(=O)N2)cc1. The number of carbonyl (C=O) groups excluding carboxylic acids is 2. The minimum absolute atomic E-state index is 0.0686. The molecule has 1 amide bonds. The minimum Gasteiger partial charge on any atom is -0.465 e. The summed E-state index contributed by atoms with van der Waals surface area (Å²) in [6.45, 7) is 1.38. The van der Waals surface area contributed by atoms with Gasteiger partial charge in [0.25, 0.3) is 0 Å². The number of nitrogens with one attached hydrogen (secondary N) is 2. The fourth-order valence-electron chi connectivity index (χ4n) is 3.06. The van der Waals surface area contributed by atoms with Gasteiger partial charge in [0.05, 0.1) is 12.7 Å². The highest BCUT2D eigenvalue weighted by Crippen LogP contribution is 2.32. The van der Waals surface area contributed by atoms with Crippen molar-refractivity contribution in [2.75, 3.05) is 19.4 Å². The van der Waals surface area contributed by atoms with Crippen LogP contribution in [-0.2, 0) is 16.1 Å². The Morgan fingerprint density at radius 1 is 1.21 bits per heavy atom. The molecule has 0 saturated carbocycles. The van der Waals surface area contributed by atoms with Crippen LogP contribution in [0.25, 0.3) is 0 Å². The Bertz CT molecular complexity index is 811. The van der Waals surface area contributed by atoms with E-state index in [1.165, 1.54) is 7.11 Å². The van der Waals surface area contributed by atoms with Crippen LogP contribution >= 0.6 is 27.7 Å². The lowest BCUT2D eigenvalue weighted by molar-refractivity contribution is -0.121. The Morgan fingerprint density at radius 3 is 2.61 bits per heavy atom. The Kier molecular flexibility index (Phi) is 7.53. The topological polar surface area (TPSA) is 67.4 Å². The van der Waals surface area contributed by atoms with E-state index in [0.29, 0.717) is 18.7 Å². The number of hydrogen-bond donors (Lipinski definition) is 2. The maximum atomic E-state index is 12.7. The van der Waals surface area contributed by atoms with Gasteiger partial charge in [-0.1, -0.05) is 40.2 Å². The molecule has 1 fully saturated rings. The first-order chi connectivity index (χ1) is 13.6. The van der Waals surface area contributed by atoms with Crippen molar-refractivity contribution in [3.05, 3.63) is 69.7 Å². The van der Waals surface area contributed by atoms with Gasteiger partial charge < -0.3 is 15.4 Å². The van der Waals surface area contributed by atoms with Crippen molar-refractivity contribution in [1.82, 2.24) is 10.6 Å². The Hall–Kier alpha value is -1.83. The van der Waals surface area contributed by atoms with Gasteiger partial charge in [-0.3, -0.25) is 4.79 Å². The van der Waals surface area contributed by atoms with Crippen LogP contribution in [0.4, 0.5) is 0 Å². The summed E-state index contributed by atoms with van der Waals surface area (Å²) in [5.41, 5.74) is 2.65. The van der Waals surface area contributed by atoms with Gasteiger partial charge in [0.15, 0.2) is 0 Å². The zero-order chi connectivity index (χ0) is 19.9. The van der Waals surface area contributed by atoms with Crippen molar-refractivity contribution in [2.24, 2.45) is 0 Å². The van der Waals surface area contributed by atoms with E-state index in [1.54, 1.807) is 23.9 Å². The minimum atomic E-state index is -0.335. The monoisotopic (exact) mass is 462 g/mol. The van der Waals surface area contributed by atoms with Crippen molar-refractivity contribution in [2.45, 2.75) is 24.3 Å². The van der Waals surface area contributed by atoms with E-state index in [4.69, 9.17) is 4.74 Å². The molecule has 2 atom stereocenters. The van der Waals surface area contributed by atoms with Gasteiger partial charge in [0.2, 0.25) is 5.91 Å². The first-order valence-corrected chi connectivity index (χ1v) is 11.0. The zero-order valence-electron chi connectivity index (χ0n) is 15.6. The normalized spacial score (nSPS) is 19.6. The van der Waals surface area contributed by atoms with Crippen LogP contribution in [0.5, 0.6) is 0 Å². The third-order valence-electron chi connectivity index (χ3n) is 4.60. The average Bonchev–Trinajstić information content (AvgIpc) is 2.89. The number of ether oxygens (including phenoxy) is 1. The molecule has 2 aromatic carbocycles. The fraction of sp³-hybridized carbons (Fsp3) is 0.333. The lowest BCUT2D eigenvalue weighted by Gasteiger charge is -2.18. The van der Waals surface area contributed by atoms with Gasteiger partial charge in [0.1, 0.15) is 5.25 Å². The largest absolute Gasteiger partial charge is 0.465 e. The number of benzene rings is 2.